The van der Waals surface area contributed by atoms with Crippen molar-refractivity contribution in [2.45, 2.75) is 6.18 Å². The lowest BCUT2D eigenvalue weighted by Gasteiger charge is -2.13. The van der Waals surface area contributed by atoms with E-state index in [1.165, 1.54) is 6.07 Å². The van der Waals surface area contributed by atoms with Gasteiger partial charge in [-0.3, -0.25) is 0 Å². The topological polar surface area (TPSA) is 35.5 Å². The van der Waals surface area contributed by atoms with Gasteiger partial charge in [-0.05, 0) is 30.3 Å². The van der Waals surface area contributed by atoms with Crippen molar-refractivity contribution in [2.75, 3.05) is 7.11 Å². The third kappa shape index (κ3) is 3.53. The summed E-state index contributed by atoms with van der Waals surface area (Å²) in [4.78, 5) is 11.4. The van der Waals surface area contributed by atoms with Gasteiger partial charge in [0.05, 0.1) is 18.2 Å². The molecule has 0 saturated carbocycles. The number of methoxy groups -OCH3 is 1. The van der Waals surface area contributed by atoms with Crippen molar-refractivity contribution >= 4 is 5.97 Å². The smallest absolute Gasteiger partial charge is 0.417 e. The maximum atomic E-state index is 13.0. The fourth-order valence-electron chi connectivity index (χ4n) is 1.73. The summed E-state index contributed by atoms with van der Waals surface area (Å²) in [6.45, 7) is 0. The van der Waals surface area contributed by atoms with Crippen molar-refractivity contribution < 1.29 is 27.4 Å². The normalized spacial score (nSPS) is 11.0. The molecule has 6 heteroatoms. The van der Waals surface area contributed by atoms with Crippen molar-refractivity contribution in [3.05, 3.63) is 59.7 Å². The Hall–Kier alpha value is -2.50. The summed E-state index contributed by atoms with van der Waals surface area (Å²) in [5, 5.41) is 0. The molecule has 0 fully saturated rings. The second-order valence-corrected chi connectivity index (χ2v) is 4.11. The molecule has 0 aromatic heterocycles. The van der Waals surface area contributed by atoms with E-state index in [0.29, 0.717) is 5.75 Å². The molecular formula is C15H11F3O3. The van der Waals surface area contributed by atoms with Crippen LogP contribution in [0.1, 0.15) is 15.9 Å². The quantitative estimate of drug-likeness (QED) is 0.793. The van der Waals surface area contributed by atoms with Crippen LogP contribution >= 0.6 is 0 Å². The molecule has 0 bridgehead atoms. The number of alkyl halides is 3. The van der Waals surface area contributed by atoms with E-state index in [1.54, 1.807) is 30.3 Å². The van der Waals surface area contributed by atoms with Crippen LogP contribution in [0.2, 0.25) is 0 Å². The Labute approximate surface area is 118 Å². The van der Waals surface area contributed by atoms with Gasteiger partial charge in [0.2, 0.25) is 0 Å². The Kier molecular flexibility index (Phi) is 4.16. The number of esters is 1. The van der Waals surface area contributed by atoms with Crippen LogP contribution in [0, 0.1) is 0 Å². The van der Waals surface area contributed by atoms with E-state index in [1.807, 2.05) is 0 Å². The van der Waals surface area contributed by atoms with Crippen LogP contribution in [-0.2, 0) is 10.9 Å². The zero-order chi connectivity index (χ0) is 15.5. The number of benzene rings is 2. The molecule has 110 valence electrons. The van der Waals surface area contributed by atoms with E-state index < -0.39 is 23.3 Å². The van der Waals surface area contributed by atoms with Gasteiger partial charge in [0.15, 0.2) is 0 Å². The summed E-state index contributed by atoms with van der Waals surface area (Å²) in [7, 11) is 1.02. The molecule has 0 radical (unpaired) electrons. The monoisotopic (exact) mass is 296 g/mol. The molecule has 3 nitrogen and oxygen atoms in total. The summed E-state index contributed by atoms with van der Waals surface area (Å²) in [5.41, 5.74) is -1.65. The number of rotatable bonds is 3. The molecule has 2 aromatic rings. The minimum absolute atomic E-state index is 0.0128. The van der Waals surface area contributed by atoms with Gasteiger partial charge in [-0.25, -0.2) is 4.79 Å². The average molecular weight is 296 g/mol. The third-order valence-electron chi connectivity index (χ3n) is 2.68. The Morgan fingerprint density at radius 1 is 1.00 bits per heavy atom. The van der Waals surface area contributed by atoms with E-state index in [9.17, 15) is 18.0 Å². The zero-order valence-electron chi connectivity index (χ0n) is 11.0. The SMILES string of the molecule is COC(=O)c1ccc(Oc2ccccc2)cc1C(F)(F)F. The van der Waals surface area contributed by atoms with Crippen LogP contribution in [0.5, 0.6) is 11.5 Å². The van der Waals surface area contributed by atoms with Crippen LogP contribution in [-0.4, -0.2) is 13.1 Å². The van der Waals surface area contributed by atoms with Gasteiger partial charge in [0, 0.05) is 0 Å². The fourth-order valence-corrected chi connectivity index (χ4v) is 1.73. The highest BCUT2D eigenvalue weighted by atomic mass is 19.4. The number of carbonyl (C=O) groups is 1. The number of ether oxygens (including phenoxy) is 2. The highest BCUT2D eigenvalue weighted by Crippen LogP contribution is 2.35. The minimum Gasteiger partial charge on any atom is -0.465 e. The standard InChI is InChI=1S/C15H11F3O3/c1-20-14(19)12-8-7-11(9-13(12)15(16,17)18)21-10-5-3-2-4-6-10/h2-9H,1H3. The van der Waals surface area contributed by atoms with Crippen LogP contribution in [0.3, 0.4) is 0 Å². The summed E-state index contributed by atoms with van der Waals surface area (Å²) >= 11 is 0. The first-order chi connectivity index (χ1) is 9.91. The average Bonchev–Trinajstić information content (AvgIpc) is 2.46. The lowest BCUT2D eigenvalue weighted by atomic mass is 10.1. The van der Waals surface area contributed by atoms with Gasteiger partial charge in [-0.1, -0.05) is 18.2 Å². The van der Waals surface area contributed by atoms with Crippen molar-refractivity contribution in [3.8, 4) is 11.5 Å². The molecule has 0 N–H and O–H groups in total. The molecule has 2 rings (SSSR count). The van der Waals surface area contributed by atoms with Gasteiger partial charge in [-0.2, -0.15) is 13.2 Å². The second kappa shape index (κ2) is 5.87. The molecule has 0 aliphatic rings. The summed E-state index contributed by atoms with van der Waals surface area (Å²) in [5.74, 6) is -0.661. The molecule has 2 aromatic carbocycles. The Balaban J connectivity index is 2.40. The molecule has 0 aliphatic heterocycles. The maximum absolute atomic E-state index is 13.0. The Bertz CT molecular complexity index is 636. The molecule has 0 aliphatic carbocycles. The number of carbonyl (C=O) groups excluding carboxylic acids is 1. The highest BCUT2D eigenvalue weighted by molar-refractivity contribution is 5.91. The second-order valence-electron chi connectivity index (χ2n) is 4.11. The summed E-state index contributed by atoms with van der Waals surface area (Å²) in [6.07, 6.45) is -4.68. The fraction of sp³-hybridized carbons (Fsp3) is 0.133. The zero-order valence-corrected chi connectivity index (χ0v) is 11.0. The van der Waals surface area contributed by atoms with E-state index >= 15 is 0 Å². The van der Waals surface area contributed by atoms with Gasteiger partial charge in [-0.15, -0.1) is 0 Å². The minimum atomic E-state index is -4.68. The van der Waals surface area contributed by atoms with Crippen molar-refractivity contribution in [1.29, 1.82) is 0 Å². The van der Waals surface area contributed by atoms with Gasteiger partial charge in [0.25, 0.3) is 0 Å². The number of hydrogen-bond acceptors (Lipinski definition) is 3. The summed E-state index contributed by atoms with van der Waals surface area (Å²) in [6, 6.07) is 11.5. The van der Waals surface area contributed by atoms with Gasteiger partial charge in [0.1, 0.15) is 11.5 Å². The molecular weight excluding hydrogens is 285 g/mol. The molecule has 0 unspecified atom stereocenters. The number of para-hydroxylation sites is 1. The lowest BCUT2D eigenvalue weighted by Crippen LogP contribution is -2.14. The molecule has 0 atom stereocenters. The molecule has 0 amide bonds. The first kappa shape index (κ1) is 14.9. The predicted molar refractivity (Wildman–Crippen MR) is 69.3 cm³/mol. The molecule has 0 saturated heterocycles. The van der Waals surface area contributed by atoms with Crippen LogP contribution < -0.4 is 4.74 Å². The van der Waals surface area contributed by atoms with E-state index in [0.717, 1.165) is 19.2 Å². The van der Waals surface area contributed by atoms with Gasteiger partial charge < -0.3 is 9.47 Å². The van der Waals surface area contributed by atoms with Crippen LogP contribution in [0.15, 0.2) is 48.5 Å². The third-order valence-corrected chi connectivity index (χ3v) is 2.68. The largest absolute Gasteiger partial charge is 0.465 e. The number of halogens is 3. The number of hydrogen-bond donors (Lipinski definition) is 0. The Morgan fingerprint density at radius 2 is 1.67 bits per heavy atom. The molecule has 0 heterocycles. The van der Waals surface area contributed by atoms with Crippen LogP contribution in [0.4, 0.5) is 13.2 Å². The van der Waals surface area contributed by atoms with E-state index in [4.69, 9.17) is 4.74 Å². The first-order valence-electron chi connectivity index (χ1n) is 5.94. The summed E-state index contributed by atoms with van der Waals surface area (Å²) < 4.78 is 48.7. The van der Waals surface area contributed by atoms with Crippen LogP contribution in [0.25, 0.3) is 0 Å². The first-order valence-corrected chi connectivity index (χ1v) is 5.94. The Morgan fingerprint density at radius 3 is 2.24 bits per heavy atom. The molecule has 21 heavy (non-hydrogen) atoms. The lowest BCUT2D eigenvalue weighted by molar-refractivity contribution is -0.138. The van der Waals surface area contributed by atoms with Crippen molar-refractivity contribution in [1.82, 2.24) is 0 Å². The van der Waals surface area contributed by atoms with Crippen molar-refractivity contribution in [2.24, 2.45) is 0 Å². The van der Waals surface area contributed by atoms with Gasteiger partial charge >= 0.3 is 12.1 Å². The molecule has 0 spiro atoms. The van der Waals surface area contributed by atoms with E-state index in [2.05, 4.69) is 4.74 Å². The predicted octanol–water partition coefficient (Wildman–Crippen LogP) is 4.28. The highest BCUT2D eigenvalue weighted by Gasteiger charge is 2.36. The maximum Gasteiger partial charge on any atom is 0.417 e. The van der Waals surface area contributed by atoms with E-state index in [-0.39, 0.29) is 5.75 Å². The van der Waals surface area contributed by atoms with Crippen molar-refractivity contribution in [3.63, 3.8) is 0 Å².